The third-order valence-electron chi connectivity index (χ3n) is 3.54. The van der Waals surface area contributed by atoms with Crippen molar-refractivity contribution in [3.63, 3.8) is 0 Å². The van der Waals surface area contributed by atoms with Gasteiger partial charge in [-0.05, 0) is 43.4 Å². The van der Waals surface area contributed by atoms with Gasteiger partial charge in [-0.1, -0.05) is 26.0 Å². The summed E-state index contributed by atoms with van der Waals surface area (Å²) in [5.41, 5.74) is 8.65. The van der Waals surface area contributed by atoms with Gasteiger partial charge >= 0.3 is 0 Å². The predicted octanol–water partition coefficient (Wildman–Crippen LogP) is 3.48. The lowest BCUT2D eigenvalue weighted by molar-refractivity contribution is 0.698. The molecule has 17 heavy (non-hydrogen) atoms. The standard InChI is InChI=1S/C15H24N2/c1-3-11-17(14-9-10-14)13-7-5-12(6-8-13)15(16)4-2/h5-8,14-15H,3-4,9-11,16H2,1-2H3/t15-/m0/s1. The highest BCUT2D eigenvalue weighted by atomic mass is 15.2. The van der Waals surface area contributed by atoms with E-state index in [2.05, 4.69) is 43.0 Å². The zero-order valence-corrected chi connectivity index (χ0v) is 11.0. The van der Waals surface area contributed by atoms with Crippen molar-refractivity contribution in [1.29, 1.82) is 0 Å². The summed E-state index contributed by atoms with van der Waals surface area (Å²) in [6, 6.07) is 9.83. The maximum Gasteiger partial charge on any atom is 0.0368 e. The number of benzene rings is 1. The zero-order valence-electron chi connectivity index (χ0n) is 11.0. The fourth-order valence-corrected chi connectivity index (χ4v) is 2.30. The molecule has 1 aliphatic carbocycles. The molecule has 0 radical (unpaired) electrons. The molecular weight excluding hydrogens is 208 g/mol. The van der Waals surface area contributed by atoms with Crippen molar-refractivity contribution in [2.24, 2.45) is 5.73 Å². The highest BCUT2D eigenvalue weighted by molar-refractivity contribution is 5.50. The Morgan fingerprint density at radius 1 is 1.24 bits per heavy atom. The van der Waals surface area contributed by atoms with Gasteiger partial charge in [-0.3, -0.25) is 0 Å². The molecular formula is C15H24N2. The largest absolute Gasteiger partial charge is 0.369 e. The molecule has 2 nitrogen and oxygen atoms in total. The maximum absolute atomic E-state index is 6.04. The predicted molar refractivity (Wildman–Crippen MR) is 74.3 cm³/mol. The average Bonchev–Trinajstić information content (AvgIpc) is 3.19. The number of nitrogens with two attached hydrogens (primary N) is 1. The normalized spacial score (nSPS) is 16.9. The van der Waals surface area contributed by atoms with Gasteiger partial charge in [-0.15, -0.1) is 0 Å². The van der Waals surface area contributed by atoms with Crippen molar-refractivity contribution in [3.8, 4) is 0 Å². The van der Waals surface area contributed by atoms with Crippen LogP contribution in [0.2, 0.25) is 0 Å². The Morgan fingerprint density at radius 3 is 2.35 bits per heavy atom. The average molecular weight is 232 g/mol. The van der Waals surface area contributed by atoms with Crippen LogP contribution in [0.4, 0.5) is 5.69 Å². The molecule has 1 fully saturated rings. The number of nitrogens with zero attached hydrogens (tertiary/aromatic N) is 1. The zero-order chi connectivity index (χ0) is 12.3. The molecule has 1 saturated carbocycles. The van der Waals surface area contributed by atoms with Gasteiger partial charge in [-0.2, -0.15) is 0 Å². The second-order valence-electron chi connectivity index (χ2n) is 5.03. The summed E-state index contributed by atoms with van der Waals surface area (Å²) in [5, 5.41) is 0. The molecule has 1 atom stereocenters. The van der Waals surface area contributed by atoms with Crippen LogP contribution in [0.1, 0.15) is 51.1 Å². The molecule has 1 aromatic rings. The van der Waals surface area contributed by atoms with E-state index in [9.17, 15) is 0 Å². The first-order chi connectivity index (χ1) is 8.26. The van der Waals surface area contributed by atoms with Crippen molar-refractivity contribution in [2.75, 3.05) is 11.4 Å². The summed E-state index contributed by atoms with van der Waals surface area (Å²) in [4.78, 5) is 2.54. The Kier molecular flexibility index (Phi) is 4.06. The molecule has 2 rings (SSSR count). The van der Waals surface area contributed by atoms with E-state index in [0.717, 1.165) is 12.5 Å². The fourth-order valence-electron chi connectivity index (χ4n) is 2.30. The van der Waals surface area contributed by atoms with Crippen LogP contribution in [0.25, 0.3) is 0 Å². The lowest BCUT2D eigenvalue weighted by Crippen LogP contribution is -2.26. The molecule has 0 heterocycles. The Bertz CT molecular complexity index is 340. The monoisotopic (exact) mass is 232 g/mol. The van der Waals surface area contributed by atoms with Gasteiger partial charge in [-0.25, -0.2) is 0 Å². The summed E-state index contributed by atoms with van der Waals surface area (Å²) < 4.78 is 0. The smallest absolute Gasteiger partial charge is 0.0368 e. The first-order valence-electron chi connectivity index (χ1n) is 6.88. The molecule has 0 aliphatic heterocycles. The number of rotatable bonds is 6. The Balaban J connectivity index is 2.09. The topological polar surface area (TPSA) is 29.3 Å². The van der Waals surface area contributed by atoms with Crippen LogP contribution in [0.5, 0.6) is 0 Å². The van der Waals surface area contributed by atoms with Gasteiger partial charge in [0.2, 0.25) is 0 Å². The molecule has 0 spiro atoms. The number of anilines is 1. The van der Waals surface area contributed by atoms with Gasteiger partial charge in [0.15, 0.2) is 0 Å². The van der Waals surface area contributed by atoms with E-state index in [1.54, 1.807) is 0 Å². The molecule has 0 bridgehead atoms. The molecule has 0 unspecified atom stereocenters. The second-order valence-corrected chi connectivity index (χ2v) is 5.03. The first kappa shape index (κ1) is 12.4. The first-order valence-corrected chi connectivity index (χ1v) is 6.88. The number of hydrogen-bond donors (Lipinski definition) is 1. The summed E-state index contributed by atoms with van der Waals surface area (Å²) in [6.07, 6.45) is 4.93. The van der Waals surface area contributed by atoms with Gasteiger partial charge in [0.25, 0.3) is 0 Å². The van der Waals surface area contributed by atoms with E-state index in [-0.39, 0.29) is 6.04 Å². The van der Waals surface area contributed by atoms with E-state index in [1.807, 2.05) is 0 Å². The van der Waals surface area contributed by atoms with Crippen LogP contribution in [-0.4, -0.2) is 12.6 Å². The quantitative estimate of drug-likeness (QED) is 0.813. The van der Waals surface area contributed by atoms with E-state index in [1.165, 1.54) is 37.1 Å². The van der Waals surface area contributed by atoms with Crippen LogP contribution in [0, 0.1) is 0 Å². The van der Waals surface area contributed by atoms with Crippen LogP contribution >= 0.6 is 0 Å². The van der Waals surface area contributed by atoms with Gasteiger partial charge < -0.3 is 10.6 Å². The summed E-state index contributed by atoms with van der Waals surface area (Å²) in [6.45, 7) is 5.55. The second kappa shape index (κ2) is 5.54. The van der Waals surface area contributed by atoms with E-state index in [0.29, 0.717) is 0 Å². The van der Waals surface area contributed by atoms with Crippen LogP contribution in [0.3, 0.4) is 0 Å². The van der Waals surface area contributed by atoms with E-state index >= 15 is 0 Å². The minimum Gasteiger partial charge on any atom is -0.369 e. The van der Waals surface area contributed by atoms with Crippen molar-refractivity contribution >= 4 is 5.69 Å². The maximum atomic E-state index is 6.04. The Morgan fingerprint density at radius 2 is 1.88 bits per heavy atom. The van der Waals surface area contributed by atoms with Gasteiger partial charge in [0.05, 0.1) is 0 Å². The van der Waals surface area contributed by atoms with Crippen LogP contribution in [-0.2, 0) is 0 Å². The third-order valence-corrected chi connectivity index (χ3v) is 3.54. The molecule has 1 aliphatic rings. The van der Waals surface area contributed by atoms with Gasteiger partial charge in [0, 0.05) is 24.3 Å². The van der Waals surface area contributed by atoms with Crippen molar-refractivity contribution < 1.29 is 0 Å². The van der Waals surface area contributed by atoms with Crippen LogP contribution in [0.15, 0.2) is 24.3 Å². The van der Waals surface area contributed by atoms with Crippen molar-refractivity contribution in [2.45, 2.75) is 51.6 Å². The molecule has 94 valence electrons. The minimum absolute atomic E-state index is 0.185. The SMILES string of the molecule is CCCN(c1ccc([C@@H](N)CC)cc1)C1CC1. The summed E-state index contributed by atoms with van der Waals surface area (Å²) >= 11 is 0. The summed E-state index contributed by atoms with van der Waals surface area (Å²) in [5.74, 6) is 0. The lowest BCUT2D eigenvalue weighted by atomic mass is 10.0. The van der Waals surface area contributed by atoms with E-state index in [4.69, 9.17) is 5.73 Å². The molecule has 0 saturated heterocycles. The minimum atomic E-state index is 0.185. The molecule has 0 aromatic heterocycles. The third kappa shape index (κ3) is 3.01. The highest BCUT2D eigenvalue weighted by Crippen LogP contribution is 2.32. The van der Waals surface area contributed by atoms with Crippen molar-refractivity contribution in [3.05, 3.63) is 29.8 Å². The lowest BCUT2D eigenvalue weighted by Gasteiger charge is -2.24. The molecule has 0 amide bonds. The number of hydrogen-bond acceptors (Lipinski definition) is 2. The Hall–Kier alpha value is -1.02. The van der Waals surface area contributed by atoms with E-state index < -0.39 is 0 Å². The van der Waals surface area contributed by atoms with Gasteiger partial charge in [0.1, 0.15) is 0 Å². The van der Waals surface area contributed by atoms with Crippen molar-refractivity contribution in [1.82, 2.24) is 0 Å². The molecule has 1 aromatic carbocycles. The molecule has 2 N–H and O–H groups in total. The summed E-state index contributed by atoms with van der Waals surface area (Å²) in [7, 11) is 0. The van der Waals surface area contributed by atoms with Crippen LogP contribution < -0.4 is 10.6 Å². The Labute approximate surface area is 105 Å². The fraction of sp³-hybridized carbons (Fsp3) is 0.600. The highest BCUT2D eigenvalue weighted by Gasteiger charge is 2.28. The molecule has 2 heteroatoms.